The highest BCUT2D eigenvalue weighted by molar-refractivity contribution is 6.35. The number of hydrogen-bond acceptors (Lipinski definition) is 3. The predicted octanol–water partition coefficient (Wildman–Crippen LogP) is 4.18. The number of anilines is 1. The van der Waals surface area contributed by atoms with Crippen molar-refractivity contribution in [1.82, 2.24) is 0 Å². The van der Waals surface area contributed by atoms with Crippen LogP contribution in [0.25, 0.3) is 16.8 Å². The highest BCUT2D eigenvalue weighted by Crippen LogP contribution is 2.32. The number of rotatable bonds is 2. The van der Waals surface area contributed by atoms with Gasteiger partial charge in [0.25, 0.3) is 11.8 Å². The molecule has 0 saturated carbocycles. The summed E-state index contributed by atoms with van der Waals surface area (Å²) in [7, 11) is 0. The highest BCUT2D eigenvalue weighted by Gasteiger charge is 2.33. The Balaban J connectivity index is 1.83. The first-order valence-electron chi connectivity index (χ1n) is 7.77. The maximum absolute atomic E-state index is 12.9. The Labute approximate surface area is 144 Å². The van der Waals surface area contributed by atoms with Crippen LogP contribution in [0.15, 0.2) is 66.7 Å². The minimum absolute atomic E-state index is 0.324. The van der Waals surface area contributed by atoms with E-state index in [2.05, 4.69) is 0 Å². The fourth-order valence-corrected chi connectivity index (χ4v) is 3.13. The molecule has 0 spiro atoms. The molecule has 0 radical (unpaired) electrons. The second-order valence-corrected chi connectivity index (χ2v) is 5.71. The first-order valence-corrected chi connectivity index (χ1v) is 7.77. The SMILES string of the molecule is N#CC=Cc1ccc(N2C(=O)c3cccc4cccc(c34)C2=O)cc1. The lowest BCUT2D eigenvalue weighted by Gasteiger charge is -2.27. The van der Waals surface area contributed by atoms with Gasteiger partial charge in [-0.3, -0.25) is 9.59 Å². The molecule has 3 aromatic rings. The number of imide groups is 1. The van der Waals surface area contributed by atoms with Crippen LogP contribution in [0.3, 0.4) is 0 Å². The van der Waals surface area contributed by atoms with Gasteiger partial charge in [-0.25, -0.2) is 4.90 Å². The summed E-state index contributed by atoms with van der Waals surface area (Å²) in [6.45, 7) is 0. The second kappa shape index (κ2) is 5.73. The van der Waals surface area contributed by atoms with E-state index in [1.165, 1.54) is 11.0 Å². The standard InChI is InChI=1S/C21H12N2O2/c22-13-3-4-14-9-11-16(12-10-14)23-20(24)17-7-1-5-15-6-2-8-18(19(15)17)21(23)25/h1-12H. The van der Waals surface area contributed by atoms with E-state index in [1.807, 2.05) is 30.3 Å². The van der Waals surface area contributed by atoms with E-state index >= 15 is 0 Å². The zero-order valence-corrected chi connectivity index (χ0v) is 13.1. The third-order valence-electron chi connectivity index (χ3n) is 4.27. The molecule has 0 bridgehead atoms. The molecule has 0 saturated heterocycles. The molecule has 4 rings (SSSR count). The number of amides is 2. The van der Waals surface area contributed by atoms with E-state index in [4.69, 9.17) is 5.26 Å². The van der Waals surface area contributed by atoms with Crippen LogP contribution in [0.2, 0.25) is 0 Å². The summed E-state index contributed by atoms with van der Waals surface area (Å²) >= 11 is 0. The lowest BCUT2D eigenvalue weighted by molar-refractivity contribution is 0.0893. The summed E-state index contributed by atoms with van der Waals surface area (Å²) < 4.78 is 0. The molecule has 1 aliphatic heterocycles. The fourth-order valence-electron chi connectivity index (χ4n) is 3.13. The molecule has 3 aromatic carbocycles. The van der Waals surface area contributed by atoms with Crippen LogP contribution in [0.1, 0.15) is 26.3 Å². The maximum Gasteiger partial charge on any atom is 0.265 e. The lowest BCUT2D eigenvalue weighted by Crippen LogP contribution is -2.40. The Morgan fingerprint density at radius 2 is 1.44 bits per heavy atom. The highest BCUT2D eigenvalue weighted by atomic mass is 16.2. The summed E-state index contributed by atoms with van der Waals surface area (Å²) in [6, 6.07) is 19.8. The van der Waals surface area contributed by atoms with Crippen LogP contribution >= 0.6 is 0 Å². The quantitative estimate of drug-likeness (QED) is 0.525. The number of carbonyl (C=O) groups excluding carboxylic acids is 2. The molecule has 0 aliphatic carbocycles. The van der Waals surface area contributed by atoms with Crippen molar-refractivity contribution in [3.8, 4) is 6.07 Å². The molecule has 25 heavy (non-hydrogen) atoms. The molecule has 0 fully saturated rings. The van der Waals surface area contributed by atoms with Crippen molar-refractivity contribution in [2.75, 3.05) is 4.90 Å². The third kappa shape index (κ3) is 2.30. The van der Waals surface area contributed by atoms with Crippen LogP contribution in [0.5, 0.6) is 0 Å². The Kier molecular flexibility index (Phi) is 3.41. The van der Waals surface area contributed by atoms with E-state index in [-0.39, 0.29) is 11.8 Å². The monoisotopic (exact) mass is 324 g/mol. The number of nitriles is 1. The Morgan fingerprint density at radius 3 is 2.00 bits per heavy atom. The van der Waals surface area contributed by atoms with E-state index in [0.29, 0.717) is 22.2 Å². The first kappa shape index (κ1) is 14.9. The van der Waals surface area contributed by atoms with Crippen LogP contribution in [0, 0.1) is 11.3 Å². The average Bonchev–Trinajstić information content (AvgIpc) is 2.65. The predicted molar refractivity (Wildman–Crippen MR) is 96.2 cm³/mol. The Bertz CT molecular complexity index is 1040. The summed E-state index contributed by atoms with van der Waals surface area (Å²) in [5.41, 5.74) is 2.39. The van der Waals surface area contributed by atoms with Gasteiger partial charge in [0.15, 0.2) is 0 Å². The van der Waals surface area contributed by atoms with Crippen molar-refractivity contribution in [3.63, 3.8) is 0 Å². The number of hydrogen-bond donors (Lipinski definition) is 0. The fraction of sp³-hybridized carbons (Fsp3) is 0. The van der Waals surface area contributed by atoms with Crippen molar-refractivity contribution < 1.29 is 9.59 Å². The average molecular weight is 324 g/mol. The van der Waals surface area contributed by atoms with Crippen LogP contribution in [-0.2, 0) is 0 Å². The topological polar surface area (TPSA) is 61.2 Å². The molecule has 4 nitrogen and oxygen atoms in total. The van der Waals surface area contributed by atoms with Gasteiger partial charge >= 0.3 is 0 Å². The molecule has 4 heteroatoms. The molecule has 118 valence electrons. The van der Waals surface area contributed by atoms with E-state index in [9.17, 15) is 9.59 Å². The first-order chi connectivity index (χ1) is 12.2. The normalized spacial score (nSPS) is 13.5. The van der Waals surface area contributed by atoms with Crippen LogP contribution < -0.4 is 4.90 Å². The molecule has 0 aromatic heterocycles. The molecule has 0 N–H and O–H groups in total. The molecule has 1 heterocycles. The number of benzene rings is 3. The van der Waals surface area contributed by atoms with Crippen molar-refractivity contribution in [2.45, 2.75) is 0 Å². The van der Waals surface area contributed by atoms with Gasteiger partial charge in [-0.2, -0.15) is 5.26 Å². The van der Waals surface area contributed by atoms with Crippen LogP contribution in [0.4, 0.5) is 5.69 Å². The number of nitrogens with zero attached hydrogens (tertiary/aromatic N) is 2. The van der Waals surface area contributed by atoms with Crippen LogP contribution in [-0.4, -0.2) is 11.8 Å². The third-order valence-corrected chi connectivity index (χ3v) is 4.27. The largest absolute Gasteiger partial charge is 0.268 e. The summed E-state index contributed by atoms with van der Waals surface area (Å²) in [5.74, 6) is -0.649. The van der Waals surface area contributed by atoms with E-state index in [0.717, 1.165) is 10.9 Å². The number of allylic oxidation sites excluding steroid dienone is 1. The maximum atomic E-state index is 12.9. The molecule has 0 unspecified atom stereocenters. The van der Waals surface area contributed by atoms with Crippen molar-refractivity contribution in [1.29, 1.82) is 5.26 Å². The molecule has 0 atom stereocenters. The molecule has 1 aliphatic rings. The zero-order valence-electron chi connectivity index (χ0n) is 13.1. The molecule has 2 amide bonds. The van der Waals surface area contributed by atoms with Gasteiger partial charge in [-0.05, 0) is 41.3 Å². The van der Waals surface area contributed by atoms with Crippen molar-refractivity contribution in [3.05, 3.63) is 83.4 Å². The zero-order chi connectivity index (χ0) is 17.4. The van der Waals surface area contributed by atoms with E-state index in [1.54, 1.807) is 42.5 Å². The van der Waals surface area contributed by atoms with Crippen molar-refractivity contribution in [2.24, 2.45) is 0 Å². The summed E-state index contributed by atoms with van der Waals surface area (Å²) in [6.07, 6.45) is 3.04. The minimum atomic E-state index is -0.324. The Hall–Kier alpha value is -3.71. The van der Waals surface area contributed by atoms with Gasteiger partial charge in [0.2, 0.25) is 0 Å². The van der Waals surface area contributed by atoms with Gasteiger partial charge < -0.3 is 0 Å². The van der Waals surface area contributed by atoms with Gasteiger partial charge in [0.05, 0.1) is 11.8 Å². The lowest BCUT2D eigenvalue weighted by atomic mass is 9.93. The summed E-state index contributed by atoms with van der Waals surface area (Å²) in [4.78, 5) is 27.0. The number of carbonyl (C=O) groups is 2. The second-order valence-electron chi connectivity index (χ2n) is 5.71. The van der Waals surface area contributed by atoms with Gasteiger partial charge in [0, 0.05) is 22.6 Å². The van der Waals surface area contributed by atoms with Crippen molar-refractivity contribution >= 4 is 34.4 Å². The van der Waals surface area contributed by atoms with Gasteiger partial charge in [-0.15, -0.1) is 0 Å². The van der Waals surface area contributed by atoms with Gasteiger partial charge in [0.1, 0.15) is 0 Å². The smallest absolute Gasteiger partial charge is 0.265 e. The molecular weight excluding hydrogens is 312 g/mol. The van der Waals surface area contributed by atoms with Gasteiger partial charge in [-0.1, -0.05) is 36.4 Å². The minimum Gasteiger partial charge on any atom is -0.268 e. The summed E-state index contributed by atoms with van der Waals surface area (Å²) in [5, 5.41) is 10.2. The van der Waals surface area contributed by atoms with E-state index < -0.39 is 0 Å². The Morgan fingerprint density at radius 1 is 0.840 bits per heavy atom. The molecular formula is C21H12N2O2.